The second-order valence-electron chi connectivity index (χ2n) is 8.53. The molecule has 1 saturated heterocycles. The molecule has 1 amide bonds. The first kappa shape index (κ1) is 23.9. The van der Waals surface area contributed by atoms with Gasteiger partial charge in [0.25, 0.3) is 17.3 Å². The number of hydrogen-bond donors (Lipinski definition) is 0. The van der Waals surface area contributed by atoms with Crippen LogP contribution in [0.4, 0.5) is 11.4 Å². The molecular weight excluding hydrogens is 462 g/mol. The summed E-state index contributed by atoms with van der Waals surface area (Å²) in [4.78, 5) is 48.8. The Labute approximate surface area is 199 Å². The lowest BCUT2D eigenvalue weighted by molar-refractivity contribution is -0.395. The van der Waals surface area contributed by atoms with Crippen molar-refractivity contribution < 1.29 is 33.6 Å². The monoisotopic (exact) mass is 485 g/mol. The first-order valence-corrected chi connectivity index (χ1v) is 10.8. The number of nitro benzene ring substituents is 2. The Balaban J connectivity index is 1.57. The number of carbonyl (C=O) groups is 2. The predicted molar refractivity (Wildman–Crippen MR) is 121 cm³/mol. The van der Waals surface area contributed by atoms with Gasteiger partial charge in [-0.25, -0.2) is 0 Å². The van der Waals surface area contributed by atoms with Crippen molar-refractivity contribution in [1.29, 1.82) is 0 Å². The second kappa shape index (κ2) is 8.85. The smallest absolute Gasteiger partial charge is 0.279 e. The number of piperidine rings is 1. The van der Waals surface area contributed by atoms with E-state index in [9.17, 15) is 29.8 Å². The van der Waals surface area contributed by atoms with Crippen LogP contribution in [-0.4, -0.2) is 59.3 Å². The van der Waals surface area contributed by atoms with Gasteiger partial charge in [0, 0.05) is 50.2 Å². The van der Waals surface area contributed by atoms with Crippen LogP contribution < -0.4 is 14.2 Å². The molecule has 2 aromatic rings. The summed E-state index contributed by atoms with van der Waals surface area (Å²) in [5.74, 6) is 0.476. The van der Waals surface area contributed by atoms with Gasteiger partial charge in [0.1, 0.15) is 34.0 Å². The number of likely N-dealkylation sites (tertiary alicyclic amines) is 1. The summed E-state index contributed by atoms with van der Waals surface area (Å²) in [7, 11) is 2.95. The fourth-order valence-electron chi connectivity index (χ4n) is 4.62. The third kappa shape index (κ3) is 4.22. The number of Topliss-reactive ketones (excluding diaryl/α,β-unsaturated/α-hetero) is 1. The number of ketones is 1. The highest BCUT2D eigenvalue weighted by Crippen LogP contribution is 2.45. The number of nitro groups is 2. The van der Waals surface area contributed by atoms with Crippen LogP contribution in [0.1, 0.15) is 45.5 Å². The number of benzene rings is 2. The number of ether oxygens (including phenoxy) is 3. The Bertz CT molecular complexity index is 1210. The molecule has 1 spiro atoms. The number of rotatable bonds is 5. The lowest BCUT2D eigenvalue weighted by Crippen LogP contribution is -2.52. The zero-order chi connectivity index (χ0) is 25.5. The molecule has 12 heteroatoms. The maximum absolute atomic E-state index is 13.1. The molecule has 2 aliphatic rings. The average Bonchev–Trinajstić information content (AvgIpc) is 2.82. The van der Waals surface area contributed by atoms with E-state index >= 15 is 0 Å². The molecule has 35 heavy (non-hydrogen) atoms. The summed E-state index contributed by atoms with van der Waals surface area (Å²) in [5, 5.41) is 22.7. The summed E-state index contributed by atoms with van der Waals surface area (Å²) in [6.07, 6.45) is 0.769. The number of hydrogen-bond acceptors (Lipinski definition) is 9. The van der Waals surface area contributed by atoms with Crippen molar-refractivity contribution in [2.24, 2.45) is 0 Å². The average molecular weight is 485 g/mol. The lowest BCUT2D eigenvalue weighted by atomic mass is 9.82. The second-order valence-corrected chi connectivity index (χ2v) is 8.53. The van der Waals surface area contributed by atoms with Gasteiger partial charge < -0.3 is 19.1 Å². The largest absolute Gasteiger partial charge is 0.496 e. The number of fused-ring (bicyclic) bond motifs is 1. The standard InChI is InChI=1S/C23H23N3O9/c1-13-16(25(29)30)8-14(9-17(13)26(31)32)22(28)24-6-4-23(5-7-24)12-18(27)21-19(34-3)10-15(33-2)11-20(21)35-23/h8-11H,4-7,12H2,1-3H3. The molecule has 0 unspecified atom stereocenters. The minimum absolute atomic E-state index is 0.103. The molecule has 0 radical (unpaired) electrons. The highest BCUT2D eigenvalue weighted by molar-refractivity contribution is 6.03. The van der Waals surface area contributed by atoms with E-state index in [1.54, 1.807) is 12.1 Å². The zero-order valence-electron chi connectivity index (χ0n) is 19.4. The van der Waals surface area contributed by atoms with Gasteiger partial charge >= 0.3 is 0 Å². The van der Waals surface area contributed by atoms with Crippen molar-refractivity contribution in [1.82, 2.24) is 4.90 Å². The van der Waals surface area contributed by atoms with Crippen molar-refractivity contribution in [3.05, 3.63) is 61.2 Å². The van der Waals surface area contributed by atoms with Crippen LogP contribution in [0, 0.1) is 27.2 Å². The van der Waals surface area contributed by atoms with Crippen LogP contribution >= 0.6 is 0 Å². The summed E-state index contributed by atoms with van der Waals surface area (Å²) < 4.78 is 16.9. The van der Waals surface area contributed by atoms with Crippen LogP contribution in [0.5, 0.6) is 17.2 Å². The van der Waals surface area contributed by atoms with E-state index in [1.165, 1.54) is 26.0 Å². The highest BCUT2D eigenvalue weighted by atomic mass is 16.6. The molecular formula is C23H23N3O9. The highest BCUT2D eigenvalue weighted by Gasteiger charge is 2.45. The molecule has 0 bridgehead atoms. The van der Waals surface area contributed by atoms with Crippen LogP contribution in [0.2, 0.25) is 0 Å². The normalized spacial score (nSPS) is 16.3. The molecule has 2 aliphatic heterocycles. The summed E-state index contributed by atoms with van der Waals surface area (Å²) in [5.41, 5.74) is -1.72. The lowest BCUT2D eigenvalue weighted by Gasteiger charge is -2.44. The van der Waals surface area contributed by atoms with E-state index < -0.39 is 32.7 Å². The molecule has 2 aromatic carbocycles. The van der Waals surface area contributed by atoms with E-state index in [0.717, 1.165) is 12.1 Å². The van der Waals surface area contributed by atoms with Crippen LogP contribution in [-0.2, 0) is 0 Å². The molecule has 12 nitrogen and oxygen atoms in total. The van der Waals surface area contributed by atoms with Crippen LogP contribution in [0.25, 0.3) is 0 Å². The minimum Gasteiger partial charge on any atom is -0.496 e. The van der Waals surface area contributed by atoms with Crippen LogP contribution in [0.15, 0.2) is 24.3 Å². The number of nitrogens with zero attached hydrogens (tertiary/aromatic N) is 3. The third-order valence-electron chi connectivity index (χ3n) is 6.54. The Morgan fingerprint density at radius 3 is 2.14 bits per heavy atom. The molecule has 184 valence electrons. The maximum Gasteiger partial charge on any atom is 0.279 e. The Kier molecular flexibility index (Phi) is 6.05. The van der Waals surface area contributed by atoms with Gasteiger partial charge in [-0.1, -0.05) is 0 Å². The summed E-state index contributed by atoms with van der Waals surface area (Å²) >= 11 is 0. The van der Waals surface area contributed by atoms with Crippen molar-refractivity contribution in [3.63, 3.8) is 0 Å². The minimum atomic E-state index is -0.830. The zero-order valence-corrected chi connectivity index (χ0v) is 19.4. The molecule has 1 fully saturated rings. The molecule has 0 atom stereocenters. The molecule has 2 heterocycles. The van der Waals surface area contributed by atoms with Gasteiger partial charge in [0.05, 0.1) is 36.1 Å². The van der Waals surface area contributed by atoms with Crippen molar-refractivity contribution >= 4 is 23.1 Å². The van der Waals surface area contributed by atoms with Crippen molar-refractivity contribution in [2.75, 3.05) is 27.3 Å². The quantitative estimate of drug-likeness (QED) is 0.458. The first-order valence-electron chi connectivity index (χ1n) is 10.8. The number of methoxy groups -OCH3 is 2. The van der Waals surface area contributed by atoms with Gasteiger partial charge in [0.2, 0.25) is 0 Å². The molecule has 0 saturated carbocycles. The molecule has 0 aromatic heterocycles. The molecule has 4 rings (SSSR count). The van der Waals surface area contributed by atoms with E-state index in [4.69, 9.17) is 14.2 Å². The Morgan fingerprint density at radius 1 is 1.03 bits per heavy atom. The third-order valence-corrected chi connectivity index (χ3v) is 6.54. The van der Waals surface area contributed by atoms with Crippen LogP contribution in [0.3, 0.4) is 0 Å². The van der Waals surface area contributed by atoms with E-state index in [-0.39, 0.29) is 36.4 Å². The number of carbonyl (C=O) groups excluding carboxylic acids is 2. The number of amides is 1. The topological polar surface area (TPSA) is 151 Å². The van der Waals surface area contributed by atoms with Gasteiger partial charge in [0.15, 0.2) is 5.78 Å². The Morgan fingerprint density at radius 2 is 1.63 bits per heavy atom. The fourth-order valence-corrected chi connectivity index (χ4v) is 4.62. The SMILES string of the molecule is COc1cc(OC)c2c(c1)OC1(CCN(C(=O)c3cc([N+](=O)[O-])c(C)c([N+](=O)[O-])c3)CC1)CC2=O. The summed E-state index contributed by atoms with van der Waals surface area (Å²) in [6, 6.07) is 5.35. The summed E-state index contributed by atoms with van der Waals surface area (Å²) in [6.45, 7) is 1.68. The van der Waals surface area contributed by atoms with E-state index in [2.05, 4.69) is 0 Å². The van der Waals surface area contributed by atoms with E-state index in [0.29, 0.717) is 35.7 Å². The molecule has 0 N–H and O–H groups in total. The predicted octanol–water partition coefficient (Wildman–Crippen LogP) is 3.47. The first-order chi connectivity index (χ1) is 16.6. The van der Waals surface area contributed by atoms with Gasteiger partial charge in [-0.3, -0.25) is 29.8 Å². The molecule has 0 aliphatic carbocycles. The van der Waals surface area contributed by atoms with Crippen molar-refractivity contribution in [2.45, 2.75) is 31.8 Å². The van der Waals surface area contributed by atoms with Gasteiger partial charge in [-0.15, -0.1) is 0 Å². The van der Waals surface area contributed by atoms with Gasteiger partial charge in [-0.2, -0.15) is 0 Å². The fraction of sp³-hybridized carbons (Fsp3) is 0.391. The maximum atomic E-state index is 13.1. The van der Waals surface area contributed by atoms with Gasteiger partial charge in [-0.05, 0) is 6.92 Å². The van der Waals surface area contributed by atoms with Crippen molar-refractivity contribution in [3.8, 4) is 17.2 Å². The van der Waals surface area contributed by atoms with E-state index in [1.807, 2.05) is 0 Å². The Hall–Kier alpha value is -4.22.